The molecule has 1 heterocycles. The van der Waals surface area contributed by atoms with E-state index in [1.807, 2.05) is 29.3 Å². The third-order valence-corrected chi connectivity index (χ3v) is 6.36. The molecule has 0 aromatic rings. The second-order valence-corrected chi connectivity index (χ2v) is 8.55. The van der Waals surface area contributed by atoms with Crippen molar-refractivity contribution < 1.29 is 9.90 Å². The van der Waals surface area contributed by atoms with E-state index in [9.17, 15) is 9.90 Å². The summed E-state index contributed by atoms with van der Waals surface area (Å²) in [6.07, 6.45) is 16.0. The molecule has 2 aliphatic carbocycles. The molecule has 1 atom stereocenters. The van der Waals surface area contributed by atoms with Gasteiger partial charge in [-0.3, -0.25) is 4.79 Å². The molecule has 0 aromatic heterocycles. The average molecular weight is 436 g/mol. The van der Waals surface area contributed by atoms with Crippen molar-refractivity contribution in [1.82, 2.24) is 10.2 Å². The first-order valence-corrected chi connectivity index (χ1v) is 10.8. The van der Waals surface area contributed by atoms with E-state index in [1.165, 1.54) is 32.1 Å². The van der Waals surface area contributed by atoms with Crippen molar-refractivity contribution in [3.05, 3.63) is 45.9 Å². The van der Waals surface area contributed by atoms with E-state index in [0.29, 0.717) is 25.3 Å². The molecule has 3 rings (SSSR count). The van der Waals surface area contributed by atoms with Gasteiger partial charge in [-0.05, 0) is 30.1 Å². The Balaban J connectivity index is 1.68. The number of carbonyl (C=O) groups is 1. The van der Waals surface area contributed by atoms with Crippen LogP contribution in [-0.2, 0) is 4.79 Å². The Morgan fingerprint density at radius 1 is 1.37 bits per heavy atom. The lowest BCUT2D eigenvalue weighted by Crippen LogP contribution is -2.37. The van der Waals surface area contributed by atoms with Gasteiger partial charge >= 0.3 is 0 Å². The van der Waals surface area contributed by atoms with E-state index in [1.54, 1.807) is 0 Å². The number of hydrogen-bond acceptors (Lipinski definition) is 4. The Morgan fingerprint density at radius 2 is 2.15 bits per heavy atom. The first-order valence-electron chi connectivity index (χ1n) is 9.99. The molecule has 0 spiro atoms. The number of fused-ring (bicyclic) bond motifs is 2. The van der Waals surface area contributed by atoms with E-state index >= 15 is 0 Å². The molecule has 0 aromatic carbocycles. The number of nitrogens with one attached hydrogen (secondary N) is 1. The second-order valence-electron chi connectivity index (χ2n) is 7.70. The van der Waals surface area contributed by atoms with Crippen molar-refractivity contribution >= 4 is 21.8 Å². The van der Waals surface area contributed by atoms with Crippen LogP contribution >= 0.6 is 15.9 Å². The molecule has 1 amide bonds. The van der Waals surface area contributed by atoms with Crippen LogP contribution in [0.1, 0.15) is 51.4 Å². The molecule has 0 saturated heterocycles. The highest BCUT2D eigenvalue weighted by Crippen LogP contribution is 2.34. The van der Waals surface area contributed by atoms with Gasteiger partial charge in [0.05, 0.1) is 11.8 Å². The summed E-state index contributed by atoms with van der Waals surface area (Å²) in [5.41, 5.74) is 8.54. The molecular weight excluding hydrogens is 406 g/mol. The summed E-state index contributed by atoms with van der Waals surface area (Å²) in [6.45, 7) is 0.630. The van der Waals surface area contributed by atoms with Crippen molar-refractivity contribution in [2.45, 2.75) is 57.5 Å². The highest BCUT2D eigenvalue weighted by molar-refractivity contribution is 9.11. The van der Waals surface area contributed by atoms with Gasteiger partial charge in [0.1, 0.15) is 0 Å². The number of carbonyl (C=O) groups excluding carboxylic acids is 1. The summed E-state index contributed by atoms with van der Waals surface area (Å²) in [4.78, 5) is 14.6. The molecule has 27 heavy (non-hydrogen) atoms. The van der Waals surface area contributed by atoms with E-state index < -0.39 is 6.10 Å². The Bertz CT molecular complexity index is 675. The fraction of sp³-hybridized carbons (Fsp3) is 0.571. The van der Waals surface area contributed by atoms with Gasteiger partial charge in [0.2, 0.25) is 5.91 Å². The molecule has 4 N–H and O–H groups in total. The molecule has 6 heteroatoms. The summed E-state index contributed by atoms with van der Waals surface area (Å²) in [5, 5.41) is 13.1. The first-order chi connectivity index (χ1) is 13.1. The van der Waals surface area contributed by atoms with Crippen LogP contribution < -0.4 is 11.1 Å². The number of nitrogens with zero attached hydrogens (tertiary/aromatic N) is 1. The molecular formula is C21H30BrN3O2. The average Bonchev–Trinajstić information content (AvgIpc) is 2.84. The Hall–Kier alpha value is -1.37. The van der Waals surface area contributed by atoms with Crippen LogP contribution in [-0.4, -0.2) is 35.1 Å². The minimum absolute atomic E-state index is 0.0691. The number of β-amino-alcohol motifs (C(OH)–C–C–N with tert-alkyl or cyclic N) is 1. The van der Waals surface area contributed by atoms with Gasteiger partial charge in [-0.2, -0.15) is 0 Å². The molecule has 3 aliphatic rings. The zero-order valence-electron chi connectivity index (χ0n) is 15.8. The number of rotatable bonds is 7. The van der Waals surface area contributed by atoms with Crippen molar-refractivity contribution in [3.63, 3.8) is 0 Å². The summed E-state index contributed by atoms with van der Waals surface area (Å²) in [7, 11) is 0. The summed E-state index contributed by atoms with van der Waals surface area (Å²) >= 11 is 3.62. The fourth-order valence-corrected chi connectivity index (χ4v) is 4.52. The zero-order chi connectivity index (χ0) is 19.2. The van der Waals surface area contributed by atoms with Crippen molar-refractivity contribution in [1.29, 1.82) is 0 Å². The van der Waals surface area contributed by atoms with Crippen molar-refractivity contribution in [2.75, 3.05) is 13.1 Å². The van der Waals surface area contributed by atoms with Crippen LogP contribution in [0.15, 0.2) is 45.9 Å². The monoisotopic (exact) mass is 435 g/mol. The van der Waals surface area contributed by atoms with Gasteiger partial charge in [0.15, 0.2) is 0 Å². The molecule has 1 fully saturated rings. The lowest BCUT2D eigenvalue weighted by molar-refractivity contribution is -0.120. The summed E-state index contributed by atoms with van der Waals surface area (Å²) in [6, 6.07) is 0. The Kier molecular flexibility index (Phi) is 7.33. The third kappa shape index (κ3) is 5.56. The topological polar surface area (TPSA) is 78.6 Å². The number of halogens is 1. The van der Waals surface area contributed by atoms with Gasteiger partial charge in [0.25, 0.3) is 0 Å². The molecule has 0 radical (unpaired) electrons. The van der Waals surface area contributed by atoms with E-state index in [4.69, 9.17) is 5.73 Å². The quantitative estimate of drug-likeness (QED) is 0.572. The molecule has 5 nitrogen and oxygen atoms in total. The SMILES string of the molecule is NCC(O)CN1C=C(NC(=O)CCC2CCCCC2)C2=C(Br)C=CC=C1C2. The highest BCUT2D eigenvalue weighted by Gasteiger charge is 2.25. The predicted molar refractivity (Wildman–Crippen MR) is 112 cm³/mol. The number of nitrogens with two attached hydrogens (primary N) is 1. The van der Waals surface area contributed by atoms with Crippen LogP contribution in [0, 0.1) is 5.92 Å². The van der Waals surface area contributed by atoms with Gasteiger partial charge in [-0.1, -0.05) is 54.1 Å². The first kappa shape index (κ1) is 20.4. The van der Waals surface area contributed by atoms with Gasteiger partial charge in [-0.25, -0.2) is 0 Å². The Labute approximate surface area is 170 Å². The standard InChI is InChI=1S/C21H30BrN3O2/c22-19-8-4-7-16-11-18(19)20(14-25(16)13-17(26)12-23)24-21(27)10-9-15-5-2-1-3-6-15/h4,7-8,14-15,17,26H,1-3,5-6,9-13,23H2,(H,24,27). The van der Waals surface area contributed by atoms with E-state index in [-0.39, 0.29) is 12.5 Å². The Morgan fingerprint density at radius 3 is 2.89 bits per heavy atom. The second kappa shape index (κ2) is 9.71. The zero-order valence-corrected chi connectivity index (χ0v) is 17.4. The molecule has 1 unspecified atom stereocenters. The van der Waals surface area contributed by atoms with Gasteiger partial charge < -0.3 is 21.1 Å². The lowest BCUT2D eigenvalue weighted by atomic mass is 9.86. The summed E-state index contributed by atoms with van der Waals surface area (Å²) < 4.78 is 0.978. The molecule has 2 bridgehead atoms. The molecule has 148 valence electrons. The maximum absolute atomic E-state index is 12.6. The lowest BCUT2D eigenvalue weighted by Gasteiger charge is -2.32. The molecule has 1 aliphatic heterocycles. The normalized spacial score (nSPS) is 21.5. The van der Waals surface area contributed by atoms with Crippen molar-refractivity contribution in [3.8, 4) is 0 Å². The van der Waals surface area contributed by atoms with Crippen LogP contribution in [0.4, 0.5) is 0 Å². The van der Waals surface area contributed by atoms with E-state index in [0.717, 1.165) is 27.9 Å². The molecule has 1 saturated carbocycles. The number of amides is 1. The minimum atomic E-state index is -0.605. The number of aliphatic hydroxyl groups excluding tert-OH is 1. The summed E-state index contributed by atoms with van der Waals surface area (Å²) in [5.74, 6) is 0.766. The minimum Gasteiger partial charge on any atom is -0.390 e. The fourth-order valence-electron chi connectivity index (χ4n) is 4.01. The maximum atomic E-state index is 12.6. The smallest absolute Gasteiger partial charge is 0.224 e. The third-order valence-electron chi connectivity index (χ3n) is 5.61. The largest absolute Gasteiger partial charge is 0.390 e. The van der Waals surface area contributed by atoms with Crippen LogP contribution in [0.25, 0.3) is 0 Å². The number of hydrogen-bond donors (Lipinski definition) is 3. The number of aliphatic hydroxyl groups is 1. The van der Waals surface area contributed by atoms with Crippen LogP contribution in [0.3, 0.4) is 0 Å². The highest BCUT2D eigenvalue weighted by atomic mass is 79.9. The maximum Gasteiger partial charge on any atom is 0.224 e. The van der Waals surface area contributed by atoms with Gasteiger partial charge in [0, 0.05) is 42.3 Å². The van der Waals surface area contributed by atoms with Crippen molar-refractivity contribution in [2.24, 2.45) is 11.7 Å². The van der Waals surface area contributed by atoms with E-state index in [2.05, 4.69) is 21.2 Å². The van der Waals surface area contributed by atoms with Crippen LogP contribution in [0.2, 0.25) is 0 Å². The predicted octanol–water partition coefficient (Wildman–Crippen LogP) is 3.43. The van der Waals surface area contributed by atoms with Gasteiger partial charge in [-0.15, -0.1) is 0 Å². The number of allylic oxidation sites excluding steroid dienone is 6. The van der Waals surface area contributed by atoms with Crippen LogP contribution in [0.5, 0.6) is 0 Å².